The minimum absolute atomic E-state index is 0.00858. The molecule has 0 bridgehead atoms. The molecule has 10 aromatic rings. The molecule has 2 aliphatic carbocycles. The maximum Gasteiger partial charge on any atom is 0.130 e. The van der Waals surface area contributed by atoms with Gasteiger partial charge in [-0.3, -0.25) is 0 Å². The van der Waals surface area contributed by atoms with Gasteiger partial charge in [0, 0.05) is 16.5 Å². The number of nitriles is 2. The van der Waals surface area contributed by atoms with E-state index in [1.165, 1.54) is 116 Å². The summed E-state index contributed by atoms with van der Waals surface area (Å²) in [5, 5.41) is 26.6. The molecule has 0 fully saturated rings. The van der Waals surface area contributed by atoms with Crippen LogP contribution in [0.1, 0.15) is 58.2 Å². The largest absolute Gasteiger partial charge is 0.309 e. The van der Waals surface area contributed by atoms with E-state index < -0.39 is 0 Å². The molecule has 0 N–H and O–H groups in total. The number of aromatic nitrogens is 1. The van der Waals surface area contributed by atoms with Crippen LogP contribution in [0.3, 0.4) is 0 Å². The Morgan fingerprint density at radius 2 is 0.908 bits per heavy atom. The second-order valence-electron chi connectivity index (χ2n) is 19.9. The van der Waals surface area contributed by atoms with Crippen LogP contribution in [0.25, 0.3) is 122 Å². The second-order valence-corrected chi connectivity index (χ2v) is 19.9. The Labute approximate surface area is 379 Å². The molecule has 3 heteroatoms. The molecule has 0 saturated heterocycles. The molecule has 65 heavy (non-hydrogen) atoms. The van der Waals surface area contributed by atoms with E-state index in [4.69, 9.17) is 0 Å². The van der Waals surface area contributed by atoms with Gasteiger partial charge in [-0.05, 0) is 152 Å². The summed E-state index contributed by atoms with van der Waals surface area (Å²) in [4.78, 5) is 0. The number of para-hydroxylation sites is 2. The highest BCUT2D eigenvalue weighted by Gasteiger charge is 2.35. The number of hydrogen-bond donors (Lipinski definition) is 0. The summed E-state index contributed by atoms with van der Waals surface area (Å²) in [6.07, 6.45) is 1.68. The van der Waals surface area contributed by atoms with Crippen LogP contribution in [0.15, 0.2) is 163 Å². The van der Waals surface area contributed by atoms with Gasteiger partial charge in [-0.15, -0.1) is 0 Å². The Balaban J connectivity index is 1.21. The third-order valence-electron chi connectivity index (χ3n) is 14.1. The third-order valence-corrected chi connectivity index (χ3v) is 14.1. The fraction of sp³-hybridized carbons (Fsp3) is 0.129. The number of fused-ring (bicyclic) bond motifs is 10. The van der Waals surface area contributed by atoms with Crippen LogP contribution in [-0.2, 0) is 10.8 Å². The van der Waals surface area contributed by atoms with Gasteiger partial charge in [-0.2, -0.15) is 10.5 Å². The molecular formula is C62H45N3. The quantitative estimate of drug-likeness (QED) is 0.166. The van der Waals surface area contributed by atoms with Crippen LogP contribution < -0.4 is 0 Å². The summed E-state index contributed by atoms with van der Waals surface area (Å²) >= 11 is 0. The molecular weight excluding hydrogens is 787 g/mol. The molecule has 12 rings (SSSR count). The lowest BCUT2D eigenvalue weighted by atomic mass is 9.80. The smallest absolute Gasteiger partial charge is 0.130 e. The Bertz CT molecular complexity index is 3760. The summed E-state index contributed by atoms with van der Waals surface area (Å²) in [6.45, 7) is 13.7. The Hall–Kier alpha value is -7.98. The maximum absolute atomic E-state index is 9.58. The average molecular weight is 832 g/mol. The van der Waals surface area contributed by atoms with E-state index >= 15 is 0 Å². The highest BCUT2D eigenvalue weighted by atomic mass is 15.0. The van der Waals surface area contributed by atoms with E-state index in [1.54, 1.807) is 6.08 Å². The van der Waals surface area contributed by atoms with Gasteiger partial charge < -0.3 is 4.57 Å². The molecule has 3 nitrogen and oxygen atoms in total. The zero-order chi connectivity index (χ0) is 44.5. The molecule has 0 radical (unpaired) electrons. The normalized spacial score (nSPS) is 12.4. The SMILES string of the molecule is CC(C)(C)c1ccc(-c2c3c(c(-c4ccc(C(C)(C)C)cc4)c4cc(-n5c6ccccc6c6ccccc65)ccc24)-c2ccc4c5c(ccc-3c25)-c2ccc(C=C(C#N)C#N)cc2-4)cc1. The van der Waals surface area contributed by atoms with Crippen molar-refractivity contribution >= 4 is 49.4 Å². The Morgan fingerprint density at radius 1 is 0.431 bits per heavy atom. The van der Waals surface area contributed by atoms with Crippen molar-refractivity contribution in [2.45, 2.75) is 52.4 Å². The van der Waals surface area contributed by atoms with Gasteiger partial charge >= 0.3 is 0 Å². The fourth-order valence-electron chi connectivity index (χ4n) is 11.0. The summed E-state index contributed by atoms with van der Waals surface area (Å²) < 4.78 is 2.44. The lowest BCUT2D eigenvalue weighted by molar-refractivity contribution is 0.590. The van der Waals surface area contributed by atoms with Gasteiger partial charge in [0.1, 0.15) is 17.7 Å². The van der Waals surface area contributed by atoms with Gasteiger partial charge in [-0.25, -0.2) is 0 Å². The standard InChI is InChI=1S/C62H45N3/c1-61(2,3)40-20-16-38(17-21-40)55-48-26-24-42(65-53-13-9-7-11-44(53)45-12-8-10-14-54(45)65)33-52(48)56(39-18-22-41(23-19-39)62(4,5)6)60-50-30-28-47-51-32-36(31-37(34-63)35-64)15-25-43(51)46-27-29-49(59(55)60)58(50)57(46)47/h7-33H,1-6H3. The molecule has 0 atom stereocenters. The number of rotatable bonds is 4. The molecule has 2 aliphatic rings. The van der Waals surface area contributed by atoms with Crippen LogP contribution in [-0.4, -0.2) is 4.57 Å². The van der Waals surface area contributed by atoms with Crippen molar-refractivity contribution in [3.63, 3.8) is 0 Å². The molecule has 9 aromatic carbocycles. The molecule has 1 heterocycles. The second kappa shape index (κ2) is 13.8. The predicted octanol–water partition coefficient (Wildman–Crippen LogP) is 16.7. The first-order valence-electron chi connectivity index (χ1n) is 22.5. The summed E-state index contributed by atoms with van der Waals surface area (Å²) in [5.74, 6) is 0. The molecule has 1 aromatic heterocycles. The van der Waals surface area contributed by atoms with Crippen molar-refractivity contribution in [2.24, 2.45) is 0 Å². The van der Waals surface area contributed by atoms with E-state index in [9.17, 15) is 10.5 Å². The van der Waals surface area contributed by atoms with Crippen molar-refractivity contribution in [3.05, 3.63) is 180 Å². The number of benzene rings is 9. The lowest BCUT2D eigenvalue weighted by Gasteiger charge is -2.24. The Kier molecular flexibility index (Phi) is 8.19. The summed E-state index contributed by atoms with van der Waals surface area (Å²) in [7, 11) is 0. The van der Waals surface area contributed by atoms with E-state index in [-0.39, 0.29) is 16.4 Å². The van der Waals surface area contributed by atoms with Crippen LogP contribution >= 0.6 is 0 Å². The van der Waals surface area contributed by atoms with Gasteiger partial charge in [0.2, 0.25) is 0 Å². The minimum Gasteiger partial charge on any atom is -0.309 e. The zero-order valence-corrected chi connectivity index (χ0v) is 37.4. The van der Waals surface area contributed by atoms with Gasteiger partial charge in [0.05, 0.1) is 11.0 Å². The van der Waals surface area contributed by atoms with E-state index in [1.807, 2.05) is 18.2 Å². The number of nitrogens with zero attached hydrogens (tertiary/aromatic N) is 3. The highest BCUT2D eigenvalue weighted by molar-refractivity contribution is 6.32. The molecule has 0 amide bonds. The van der Waals surface area contributed by atoms with E-state index in [0.29, 0.717) is 0 Å². The number of allylic oxidation sites excluding steroid dienone is 1. The highest BCUT2D eigenvalue weighted by Crippen LogP contribution is 2.62. The van der Waals surface area contributed by atoms with Crippen molar-refractivity contribution in [1.82, 2.24) is 4.57 Å². The molecule has 308 valence electrons. The van der Waals surface area contributed by atoms with Crippen molar-refractivity contribution in [3.8, 4) is 84.6 Å². The van der Waals surface area contributed by atoms with Crippen molar-refractivity contribution in [2.75, 3.05) is 0 Å². The minimum atomic E-state index is 0.00858. The van der Waals surface area contributed by atoms with E-state index in [2.05, 4.69) is 198 Å². The zero-order valence-electron chi connectivity index (χ0n) is 37.4. The van der Waals surface area contributed by atoms with E-state index in [0.717, 1.165) is 16.8 Å². The van der Waals surface area contributed by atoms with Gasteiger partial charge in [-0.1, -0.05) is 169 Å². The van der Waals surface area contributed by atoms with Crippen LogP contribution in [0.2, 0.25) is 0 Å². The molecule has 0 aliphatic heterocycles. The van der Waals surface area contributed by atoms with Crippen LogP contribution in [0, 0.1) is 22.7 Å². The monoisotopic (exact) mass is 831 g/mol. The van der Waals surface area contributed by atoms with Crippen LogP contribution in [0.4, 0.5) is 0 Å². The summed E-state index contributed by atoms with van der Waals surface area (Å²) in [6, 6.07) is 63.1. The third kappa shape index (κ3) is 5.66. The first-order chi connectivity index (χ1) is 31.4. The summed E-state index contributed by atoms with van der Waals surface area (Å²) in [5.41, 5.74) is 21.7. The fourth-order valence-corrected chi connectivity index (χ4v) is 11.0. The molecule has 0 saturated carbocycles. The van der Waals surface area contributed by atoms with Gasteiger partial charge in [0.15, 0.2) is 0 Å². The first-order valence-corrected chi connectivity index (χ1v) is 22.5. The lowest BCUT2D eigenvalue weighted by Crippen LogP contribution is -2.10. The predicted molar refractivity (Wildman–Crippen MR) is 272 cm³/mol. The maximum atomic E-state index is 9.58. The van der Waals surface area contributed by atoms with Crippen molar-refractivity contribution < 1.29 is 0 Å². The van der Waals surface area contributed by atoms with Crippen molar-refractivity contribution in [1.29, 1.82) is 10.5 Å². The topological polar surface area (TPSA) is 52.5 Å². The molecule has 0 spiro atoms. The average Bonchev–Trinajstić information content (AvgIpc) is 3.94. The van der Waals surface area contributed by atoms with Gasteiger partial charge in [0.25, 0.3) is 0 Å². The molecule has 0 unspecified atom stereocenters. The first kappa shape index (κ1) is 38.7. The van der Waals surface area contributed by atoms with Crippen LogP contribution in [0.5, 0.6) is 0 Å². The number of hydrogen-bond acceptors (Lipinski definition) is 2. The Morgan fingerprint density at radius 3 is 1.45 bits per heavy atom.